The Hall–Kier alpha value is -6.06. The fraction of sp³-hybridized carbons (Fsp3) is 0. The third-order valence-electron chi connectivity index (χ3n) is 9.31. The molecule has 210 valence electrons. The van der Waals surface area contributed by atoms with Crippen LogP contribution in [0.4, 0.5) is 0 Å². The van der Waals surface area contributed by atoms with Crippen LogP contribution in [0, 0.1) is 0 Å². The molecule has 0 saturated heterocycles. The maximum atomic E-state index is 6.52. The van der Waals surface area contributed by atoms with E-state index in [1.54, 1.807) is 0 Å². The quantitative estimate of drug-likeness (QED) is 0.205. The van der Waals surface area contributed by atoms with Crippen LogP contribution in [0.25, 0.3) is 77.2 Å². The molecule has 9 aromatic rings. The number of benzene rings is 7. The Kier molecular flexibility index (Phi) is 5.00. The largest absolute Gasteiger partial charge is 0.453 e. The van der Waals surface area contributed by atoms with Gasteiger partial charge in [-0.1, -0.05) is 109 Å². The van der Waals surface area contributed by atoms with Crippen LogP contribution in [-0.2, 0) is 0 Å². The summed E-state index contributed by atoms with van der Waals surface area (Å²) < 4.78 is 11.2. The van der Waals surface area contributed by atoms with Gasteiger partial charge in [0.25, 0.3) is 0 Å². The minimum atomic E-state index is 0.872. The Morgan fingerprint density at radius 1 is 0.356 bits per heavy atom. The summed E-state index contributed by atoms with van der Waals surface area (Å²) in [5.74, 6) is 1.77. The molecule has 0 aliphatic carbocycles. The second-order valence-electron chi connectivity index (χ2n) is 11.8. The van der Waals surface area contributed by atoms with Crippen LogP contribution in [0.5, 0.6) is 11.5 Å². The third-order valence-corrected chi connectivity index (χ3v) is 9.31. The van der Waals surface area contributed by atoms with Gasteiger partial charge in [-0.2, -0.15) is 0 Å². The predicted octanol–water partition coefficient (Wildman–Crippen LogP) is 11.3. The molecule has 3 heteroatoms. The van der Waals surface area contributed by atoms with Crippen molar-refractivity contribution in [1.82, 2.24) is 9.13 Å². The van der Waals surface area contributed by atoms with Gasteiger partial charge in [-0.05, 0) is 70.8 Å². The molecule has 3 nitrogen and oxygen atoms in total. The number of aromatic nitrogens is 2. The fourth-order valence-corrected chi connectivity index (χ4v) is 7.28. The van der Waals surface area contributed by atoms with E-state index in [-0.39, 0.29) is 0 Å². The molecule has 0 unspecified atom stereocenters. The maximum absolute atomic E-state index is 6.52. The standard InChI is InChI=1S/C42H26N2O/c1-4-15-36-32(11-1)33-12-2-5-16-37(33)43(36)31-10-7-9-29(25-31)27-19-21-28(22-20-27)30-23-24-39-41(26-30)45-40-18-8-14-35-34-13-3-6-17-38(34)44(39)42(35)40/h1-26H. The molecule has 0 saturated carbocycles. The van der Waals surface area contributed by atoms with Crippen molar-refractivity contribution < 1.29 is 4.74 Å². The molecule has 0 N–H and O–H groups in total. The van der Waals surface area contributed by atoms with Crippen LogP contribution < -0.4 is 4.74 Å². The molecule has 0 spiro atoms. The lowest BCUT2D eigenvalue weighted by Gasteiger charge is -2.21. The van der Waals surface area contributed by atoms with Crippen molar-refractivity contribution >= 4 is 43.6 Å². The summed E-state index contributed by atoms with van der Waals surface area (Å²) in [6.07, 6.45) is 0. The number of ether oxygens (including phenoxy) is 1. The van der Waals surface area contributed by atoms with E-state index in [0.29, 0.717) is 0 Å². The zero-order valence-electron chi connectivity index (χ0n) is 24.3. The number of fused-ring (bicyclic) bond motifs is 8. The molecule has 3 heterocycles. The molecule has 0 bridgehead atoms. The summed E-state index contributed by atoms with van der Waals surface area (Å²) >= 11 is 0. The van der Waals surface area contributed by atoms with E-state index in [4.69, 9.17) is 4.74 Å². The Morgan fingerprint density at radius 3 is 1.58 bits per heavy atom. The lowest BCUT2D eigenvalue weighted by atomic mass is 9.99. The first-order valence-electron chi connectivity index (χ1n) is 15.4. The lowest BCUT2D eigenvalue weighted by Crippen LogP contribution is -2.04. The first-order chi connectivity index (χ1) is 22.3. The first kappa shape index (κ1) is 24.4. The van der Waals surface area contributed by atoms with E-state index in [0.717, 1.165) is 39.5 Å². The van der Waals surface area contributed by atoms with Crippen LogP contribution >= 0.6 is 0 Å². The SMILES string of the molecule is c1cc(-c2ccc(-c3ccc4c(c3)Oc3cccc5c6ccccc6n-4c35)cc2)cc(-n2c3ccccc3c3ccccc32)c1. The highest BCUT2D eigenvalue weighted by Gasteiger charge is 2.23. The molecule has 0 atom stereocenters. The van der Waals surface area contributed by atoms with Crippen LogP contribution in [-0.4, -0.2) is 9.13 Å². The summed E-state index contributed by atoms with van der Waals surface area (Å²) in [6, 6.07) is 56.5. The van der Waals surface area contributed by atoms with E-state index >= 15 is 0 Å². The second-order valence-corrected chi connectivity index (χ2v) is 11.8. The van der Waals surface area contributed by atoms with Crippen molar-refractivity contribution in [2.45, 2.75) is 0 Å². The van der Waals surface area contributed by atoms with Crippen molar-refractivity contribution in [3.63, 3.8) is 0 Å². The summed E-state index contributed by atoms with van der Waals surface area (Å²) in [4.78, 5) is 0. The molecule has 1 aliphatic rings. The normalized spacial score (nSPS) is 12.2. The van der Waals surface area contributed by atoms with Gasteiger partial charge in [0.15, 0.2) is 11.5 Å². The average molecular weight is 575 g/mol. The van der Waals surface area contributed by atoms with E-state index < -0.39 is 0 Å². The molecule has 0 fully saturated rings. The summed E-state index contributed by atoms with van der Waals surface area (Å²) in [5.41, 5.74) is 11.7. The highest BCUT2D eigenvalue weighted by atomic mass is 16.5. The van der Waals surface area contributed by atoms with Crippen LogP contribution in [0.2, 0.25) is 0 Å². The minimum Gasteiger partial charge on any atom is -0.453 e. The summed E-state index contributed by atoms with van der Waals surface area (Å²) in [5, 5.41) is 5.01. The number of rotatable bonds is 3. The number of hydrogen-bond donors (Lipinski definition) is 0. The van der Waals surface area contributed by atoms with Crippen molar-refractivity contribution in [1.29, 1.82) is 0 Å². The van der Waals surface area contributed by atoms with Gasteiger partial charge in [0.2, 0.25) is 0 Å². The van der Waals surface area contributed by atoms with Gasteiger partial charge in [0.1, 0.15) is 0 Å². The Morgan fingerprint density at radius 2 is 0.889 bits per heavy atom. The van der Waals surface area contributed by atoms with Crippen molar-refractivity contribution in [2.24, 2.45) is 0 Å². The Labute approximate surface area is 259 Å². The molecule has 10 rings (SSSR count). The van der Waals surface area contributed by atoms with E-state index in [2.05, 4.69) is 167 Å². The van der Waals surface area contributed by atoms with Crippen molar-refractivity contribution in [3.8, 4) is 45.1 Å². The summed E-state index contributed by atoms with van der Waals surface area (Å²) in [6.45, 7) is 0. The first-order valence-corrected chi connectivity index (χ1v) is 15.4. The number of para-hydroxylation sites is 4. The fourth-order valence-electron chi connectivity index (χ4n) is 7.28. The number of nitrogens with zero attached hydrogens (tertiary/aromatic N) is 2. The smallest absolute Gasteiger partial charge is 0.152 e. The van der Waals surface area contributed by atoms with Crippen LogP contribution in [0.3, 0.4) is 0 Å². The molecule has 1 aliphatic heterocycles. The van der Waals surface area contributed by atoms with Gasteiger partial charge in [-0.3, -0.25) is 0 Å². The molecule has 45 heavy (non-hydrogen) atoms. The van der Waals surface area contributed by atoms with Crippen LogP contribution in [0.15, 0.2) is 158 Å². The summed E-state index contributed by atoms with van der Waals surface area (Å²) in [7, 11) is 0. The van der Waals surface area contributed by atoms with Gasteiger partial charge in [0, 0.05) is 27.2 Å². The van der Waals surface area contributed by atoms with E-state index in [1.165, 1.54) is 49.2 Å². The molecular weight excluding hydrogens is 548 g/mol. The Balaban J connectivity index is 1.03. The average Bonchev–Trinajstić information content (AvgIpc) is 3.63. The topological polar surface area (TPSA) is 19.1 Å². The zero-order valence-corrected chi connectivity index (χ0v) is 24.3. The van der Waals surface area contributed by atoms with Gasteiger partial charge in [0.05, 0.1) is 27.8 Å². The number of hydrogen-bond acceptors (Lipinski definition) is 1. The minimum absolute atomic E-state index is 0.872. The van der Waals surface area contributed by atoms with Gasteiger partial charge >= 0.3 is 0 Å². The monoisotopic (exact) mass is 574 g/mol. The van der Waals surface area contributed by atoms with E-state index in [9.17, 15) is 0 Å². The zero-order chi connectivity index (χ0) is 29.5. The third kappa shape index (κ3) is 3.52. The van der Waals surface area contributed by atoms with E-state index in [1.807, 2.05) is 0 Å². The van der Waals surface area contributed by atoms with Gasteiger partial charge in [-0.25, -0.2) is 0 Å². The predicted molar refractivity (Wildman–Crippen MR) is 186 cm³/mol. The Bertz CT molecular complexity index is 2570. The highest BCUT2D eigenvalue weighted by molar-refractivity contribution is 6.12. The van der Waals surface area contributed by atoms with Crippen LogP contribution in [0.1, 0.15) is 0 Å². The molecule has 0 radical (unpaired) electrons. The highest BCUT2D eigenvalue weighted by Crippen LogP contribution is 2.46. The molecule has 7 aromatic carbocycles. The second kappa shape index (κ2) is 9.22. The lowest BCUT2D eigenvalue weighted by molar-refractivity contribution is 0.476. The molecule has 2 aromatic heterocycles. The van der Waals surface area contributed by atoms with Crippen molar-refractivity contribution in [3.05, 3.63) is 158 Å². The van der Waals surface area contributed by atoms with Gasteiger partial charge < -0.3 is 13.9 Å². The maximum Gasteiger partial charge on any atom is 0.152 e. The van der Waals surface area contributed by atoms with Crippen molar-refractivity contribution in [2.75, 3.05) is 0 Å². The molecular formula is C42H26N2O. The van der Waals surface area contributed by atoms with Gasteiger partial charge in [-0.15, -0.1) is 0 Å². The molecule has 0 amide bonds.